The Morgan fingerprint density at radius 1 is 1.18 bits per heavy atom. The first-order valence-electron chi connectivity index (χ1n) is 9.16. The van der Waals surface area contributed by atoms with Crippen LogP contribution in [0.2, 0.25) is 5.02 Å². The third-order valence-electron chi connectivity index (χ3n) is 4.83. The van der Waals surface area contributed by atoms with Gasteiger partial charge in [0.2, 0.25) is 15.9 Å². The van der Waals surface area contributed by atoms with E-state index < -0.39 is 15.9 Å². The van der Waals surface area contributed by atoms with Crippen molar-refractivity contribution in [2.75, 3.05) is 24.5 Å². The van der Waals surface area contributed by atoms with Crippen molar-refractivity contribution < 1.29 is 13.2 Å². The van der Waals surface area contributed by atoms with Crippen molar-refractivity contribution in [1.29, 1.82) is 0 Å². The molecule has 0 spiro atoms. The summed E-state index contributed by atoms with van der Waals surface area (Å²) in [5.41, 5.74) is 0.782. The molecule has 1 heterocycles. The Morgan fingerprint density at radius 3 is 2.50 bits per heavy atom. The minimum atomic E-state index is -3.66. The molecule has 0 saturated carbocycles. The van der Waals surface area contributed by atoms with Gasteiger partial charge < -0.3 is 4.90 Å². The molecule has 7 heteroatoms. The Morgan fingerprint density at radius 2 is 1.86 bits per heavy atom. The van der Waals surface area contributed by atoms with Crippen LogP contribution in [0.1, 0.15) is 12.8 Å². The fraction of sp³-hybridized carbons (Fsp3) is 0.286. The van der Waals surface area contributed by atoms with E-state index in [4.69, 9.17) is 11.6 Å². The number of hydrogen-bond donors (Lipinski definition) is 0. The minimum absolute atomic E-state index is 0.0814. The summed E-state index contributed by atoms with van der Waals surface area (Å²) in [6, 6.07) is 15.5. The van der Waals surface area contributed by atoms with E-state index in [9.17, 15) is 13.2 Å². The number of rotatable bonds is 6. The Balaban J connectivity index is 1.81. The van der Waals surface area contributed by atoms with Crippen molar-refractivity contribution in [3.8, 4) is 0 Å². The zero-order valence-electron chi connectivity index (χ0n) is 15.5. The second-order valence-electron chi connectivity index (χ2n) is 6.73. The third-order valence-corrected chi connectivity index (χ3v) is 6.96. The Kier molecular flexibility index (Phi) is 6.54. The van der Waals surface area contributed by atoms with E-state index in [1.807, 2.05) is 30.3 Å². The van der Waals surface area contributed by atoms with Crippen LogP contribution in [0.3, 0.4) is 0 Å². The van der Waals surface area contributed by atoms with E-state index in [0.29, 0.717) is 31.0 Å². The van der Waals surface area contributed by atoms with Crippen molar-refractivity contribution in [3.05, 3.63) is 72.3 Å². The molecule has 5 nitrogen and oxygen atoms in total. The number of amides is 1. The monoisotopic (exact) mass is 418 g/mol. The molecule has 0 N–H and O–H groups in total. The second kappa shape index (κ2) is 8.90. The van der Waals surface area contributed by atoms with Crippen LogP contribution in [-0.4, -0.2) is 38.3 Å². The maximum atomic E-state index is 13.2. The molecule has 1 unspecified atom stereocenters. The first-order valence-corrected chi connectivity index (χ1v) is 11.0. The van der Waals surface area contributed by atoms with Gasteiger partial charge in [0.15, 0.2) is 0 Å². The molecule has 3 rings (SSSR count). The van der Waals surface area contributed by atoms with E-state index in [1.165, 1.54) is 16.4 Å². The van der Waals surface area contributed by atoms with Gasteiger partial charge in [-0.3, -0.25) is 4.79 Å². The molecule has 1 aliphatic rings. The highest BCUT2D eigenvalue weighted by Crippen LogP contribution is 2.27. The van der Waals surface area contributed by atoms with Crippen LogP contribution in [0.15, 0.2) is 72.1 Å². The maximum absolute atomic E-state index is 13.2. The minimum Gasteiger partial charge on any atom is -0.308 e. The van der Waals surface area contributed by atoms with Gasteiger partial charge >= 0.3 is 0 Å². The number of piperidine rings is 1. The molecule has 0 aromatic heterocycles. The molecule has 1 atom stereocenters. The average Bonchev–Trinajstić information content (AvgIpc) is 2.72. The molecular weight excluding hydrogens is 396 g/mol. The maximum Gasteiger partial charge on any atom is 0.243 e. The van der Waals surface area contributed by atoms with E-state index in [0.717, 1.165) is 5.69 Å². The summed E-state index contributed by atoms with van der Waals surface area (Å²) < 4.78 is 27.4. The Labute approximate surface area is 171 Å². The SMILES string of the molecule is C=CCN(C(=O)C1CCCN(S(=O)(=O)c2ccc(Cl)cc2)C1)c1ccccc1. The molecule has 1 fully saturated rings. The van der Waals surface area contributed by atoms with Crippen LogP contribution >= 0.6 is 11.6 Å². The number of para-hydroxylation sites is 1. The smallest absolute Gasteiger partial charge is 0.243 e. The molecule has 0 aliphatic carbocycles. The predicted octanol–water partition coefficient (Wildman–Crippen LogP) is 3.96. The zero-order chi connectivity index (χ0) is 20.1. The molecule has 0 bridgehead atoms. The number of carbonyl (C=O) groups excluding carboxylic acids is 1. The number of halogens is 1. The molecule has 1 aliphatic heterocycles. The molecule has 0 radical (unpaired) electrons. The normalized spacial score (nSPS) is 17.8. The topological polar surface area (TPSA) is 57.7 Å². The molecule has 2 aromatic rings. The summed E-state index contributed by atoms with van der Waals surface area (Å²) in [5.74, 6) is -0.474. The van der Waals surface area contributed by atoms with Crippen LogP contribution in [-0.2, 0) is 14.8 Å². The molecule has 148 valence electrons. The van der Waals surface area contributed by atoms with Crippen molar-refractivity contribution in [2.24, 2.45) is 5.92 Å². The molecular formula is C21H23ClN2O3S. The number of hydrogen-bond acceptors (Lipinski definition) is 3. The highest BCUT2D eigenvalue weighted by molar-refractivity contribution is 7.89. The van der Waals surface area contributed by atoms with Crippen LogP contribution in [0.5, 0.6) is 0 Å². The largest absolute Gasteiger partial charge is 0.308 e. The molecule has 1 amide bonds. The number of carbonyl (C=O) groups is 1. The lowest BCUT2D eigenvalue weighted by molar-refractivity contribution is -0.123. The van der Waals surface area contributed by atoms with Gasteiger partial charge in [-0.1, -0.05) is 35.9 Å². The fourth-order valence-corrected chi connectivity index (χ4v) is 5.05. The van der Waals surface area contributed by atoms with Gasteiger partial charge in [0.05, 0.1) is 10.8 Å². The first kappa shape index (κ1) is 20.6. The van der Waals surface area contributed by atoms with Crippen molar-refractivity contribution >= 4 is 33.2 Å². The molecule has 2 aromatic carbocycles. The summed E-state index contributed by atoms with van der Waals surface area (Å²) in [4.78, 5) is 15.0. The molecule has 1 saturated heterocycles. The lowest BCUT2D eigenvalue weighted by atomic mass is 9.97. The lowest BCUT2D eigenvalue weighted by Crippen LogP contribution is -2.47. The van der Waals surface area contributed by atoms with Crippen molar-refractivity contribution in [1.82, 2.24) is 4.31 Å². The van der Waals surface area contributed by atoms with E-state index >= 15 is 0 Å². The summed E-state index contributed by atoms with van der Waals surface area (Å²) in [5, 5.41) is 0.480. The molecule has 28 heavy (non-hydrogen) atoms. The van der Waals surface area contributed by atoms with Crippen LogP contribution < -0.4 is 4.90 Å². The number of anilines is 1. The van der Waals surface area contributed by atoms with Gasteiger partial charge in [0.1, 0.15) is 0 Å². The summed E-state index contributed by atoms with van der Waals surface area (Å²) in [6.45, 7) is 4.70. The van der Waals surface area contributed by atoms with Gasteiger partial charge in [0, 0.05) is 30.3 Å². The van der Waals surface area contributed by atoms with E-state index in [1.54, 1.807) is 23.1 Å². The quantitative estimate of drug-likeness (QED) is 0.667. The number of sulfonamides is 1. The average molecular weight is 419 g/mol. The van der Waals surface area contributed by atoms with Gasteiger partial charge in [0.25, 0.3) is 0 Å². The number of nitrogens with zero attached hydrogens (tertiary/aromatic N) is 2. The third kappa shape index (κ3) is 4.46. The lowest BCUT2D eigenvalue weighted by Gasteiger charge is -2.34. The predicted molar refractivity (Wildman–Crippen MR) is 112 cm³/mol. The second-order valence-corrected chi connectivity index (χ2v) is 9.10. The summed E-state index contributed by atoms with van der Waals surface area (Å²) >= 11 is 5.87. The van der Waals surface area contributed by atoms with E-state index in [2.05, 4.69) is 6.58 Å². The number of benzene rings is 2. The highest BCUT2D eigenvalue weighted by Gasteiger charge is 2.35. The van der Waals surface area contributed by atoms with Gasteiger partial charge in [-0.15, -0.1) is 6.58 Å². The fourth-order valence-electron chi connectivity index (χ4n) is 3.40. The van der Waals surface area contributed by atoms with Crippen molar-refractivity contribution in [3.63, 3.8) is 0 Å². The Hall–Kier alpha value is -2.15. The van der Waals surface area contributed by atoms with Gasteiger partial charge in [-0.05, 0) is 49.2 Å². The summed E-state index contributed by atoms with van der Waals surface area (Å²) in [7, 11) is -3.66. The summed E-state index contributed by atoms with van der Waals surface area (Å²) in [6.07, 6.45) is 2.97. The van der Waals surface area contributed by atoms with Crippen LogP contribution in [0, 0.1) is 5.92 Å². The highest BCUT2D eigenvalue weighted by atomic mass is 35.5. The van der Waals surface area contributed by atoms with E-state index in [-0.39, 0.29) is 17.3 Å². The Bertz CT molecular complexity index is 930. The van der Waals surface area contributed by atoms with Gasteiger partial charge in [-0.2, -0.15) is 4.31 Å². The van der Waals surface area contributed by atoms with Crippen LogP contribution in [0.4, 0.5) is 5.69 Å². The standard InChI is InChI=1S/C21H23ClN2O3S/c1-2-14-24(19-8-4-3-5-9-19)21(25)17-7-6-15-23(16-17)28(26,27)20-12-10-18(22)11-13-20/h2-5,8-13,17H,1,6-7,14-16H2. The van der Waals surface area contributed by atoms with Gasteiger partial charge in [-0.25, -0.2) is 8.42 Å². The zero-order valence-corrected chi connectivity index (χ0v) is 17.1. The van der Waals surface area contributed by atoms with Crippen molar-refractivity contribution in [2.45, 2.75) is 17.7 Å². The first-order chi connectivity index (χ1) is 13.4. The van der Waals surface area contributed by atoms with Crippen LogP contribution in [0.25, 0.3) is 0 Å².